The largest absolute Gasteiger partial charge is 0.497 e. The van der Waals surface area contributed by atoms with Crippen LogP contribution in [0.1, 0.15) is 5.56 Å². The molecule has 0 aromatic heterocycles. The normalized spacial score (nSPS) is 10.9. The van der Waals surface area contributed by atoms with Gasteiger partial charge in [-0.05, 0) is 54.1 Å². The second kappa shape index (κ2) is 12.2. The fourth-order valence-electron chi connectivity index (χ4n) is 3.72. The van der Waals surface area contributed by atoms with Crippen molar-refractivity contribution in [3.8, 4) is 17.2 Å². The van der Waals surface area contributed by atoms with E-state index < -0.39 is 22.5 Å². The molecule has 0 aliphatic heterocycles. The average Bonchev–Trinajstić information content (AvgIpc) is 2.96. The van der Waals surface area contributed by atoms with Gasteiger partial charge < -0.3 is 19.5 Å². The lowest BCUT2D eigenvalue weighted by Crippen LogP contribution is -2.38. The summed E-state index contributed by atoms with van der Waals surface area (Å²) >= 11 is 0. The summed E-state index contributed by atoms with van der Waals surface area (Å²) in [4.78, 5) is 13.1. The van der Waals surface area contributed by atoms with Gasteiger partial charge in [0.05, 0.1) is 24.8 Å². The van der Waals surface area contributed by atoms with Gasteiger partial charge in [0.1, 0.15) is 30.4 Å². The van der Waals surface area contributed by atoms with E-state index in [1.807, 2.05) is 30.3 Å². The molecule has 4 aromatic carbocycles. The number of ether oxygens (including phenoxy) is 3. The third-order valence-corrected chi connectivity index (χ3v) is 7.43. The molecular weight excluding hydrogens is 504 g/mol. The lowest BCUT2D eigenvalue weighted by molar-refractivity contribution is -0.114. The lowest BCUT2D eigenvalue weighted by Gasteiger charge is -2.26. The highest BCUT2D eigenvalue weighted by molar-refractivity contribution is 7.92. The Bertz CT molecular complexity index is 1460. The Hall–Kier alpha value is -4.50. The van der Waals surface area contributed by atoms with Gasteiger partial charge in [0.15, 0.2) is 0 Å². The summed E-state index contributed by atoms with van der Waals surface area (Å²) in [5.41, 5.74) is 1.71. The highest BCUT2D eigenvalue weighted by Gasteiger charge is 2.30. The molecular formula is C29H28N2O6S. The van der Waals surface area contributed by atoms with Crippen LogP contribution in [0.2, 0.25) is 0 Å². The van der Waals surface area contributed by atoms with Crippen molar-refractivity contribution in [2.45, 2.75) is 11.5 Å². The Kier molecular flexibility index (Phi) is 8.50. The number of carbonyl (C=O) groups is 1. The standard InChI is InChI=1S/C29H28N2O6S/c1-35-25-17-18-28(36-2)27(19-25)31(38(33,34)26-11-7-4-8-12-26)20-29(32)30-23-13-15-24(16-14-23)37-21-22-9-5-3-6-10-22/h3-19H,20-21H2,1-2H3,(H,30,32). The molecule has 196 valence electrons. The number of nitrogens with zero attached hydrogens (tertiary/aromatic N) is 1. The third-order valence-electron chi connectivity index (χ3n) is 5.66. The van der Waals surface area contributed by atoms with Crippen LogP contribution in [0.25, 0.3) is 0 Å². The summed E-state index contributed by atoms with van der Waals surface area (Å²) in [6, 6.07) is 29.3. The zero-order valence-corrected chi connectivity index (χ0v) is 21.9. The number of anilines is 2. The van der Waals surface area contributed by atoms with Crippen molar-refractivity contribution in [3.05, 3.63) is 109 Å². The fraction of sp³-hybridized carbons (Fsp3) is 0.138. The van der Waals surface area contributed by atoms with Crippen molar-refractivity contribution in [1.82, 2.24) is 0 Å². The van der Waals surface area contributed by atoms with Crippen LogP contribution in [-0.2, 0) is 21.4 Å². The summed E-state index contributed by atoms with van der Waals surface area (Å²) in [5, 5.41) is 2.76. The van der Waals surface area contributed by atoms with Crippen LogP contribution < -0.4 is 23.8 Å². The minimum Gasteiger partial charge on any atom is -0.497 e. The Balaban J connectivity index is 1.54. The van der Waals surface area contributed by atoms with Crippen molar-refractivity contribution >= 4 is 27.3 Å². The molecule has 4 aromatic rings. The van der Waals surface area contributed by atoms with E-state index in [0.29, 0.717) is 23.8 Å². The quantitative estimate of drug-likeness (QED) is 0.288. The van der Waals surface area contributed by atoms with E-state index in [-0.39, 0.29) is 16.3 Å². The van der Waals surface area contributed by atoms with E-state index in [0.717, 1.165) is 9.87 Å². The van der Waals surface area contributed by atoms with E-state index in [1.165, 1.54) is 32.4 Å². The van der Waals surface area contributed by atoms with Crippen LogP contribution >= 0.6 is 0 Å². The molecule has 9 heteroatoms. The third kappa shape index (κ3) is 6.43. The van der Waals surface area contributed by atoms with Gasteiger partial charge in [-0.15, -0.1) is 0 Å². The highest BCUT2D eigenvalue weighted by Crippen LogP contribution is 2.35. The number of hydrogen-bond acceptors (Lipinski definition) is 6. The Morgan fingerprint density at radius 2 is 1.42 bits per heavy atom. The van der Waals surface area contributed by atoms with Crippen molar-refractivity contribution in [2.75, 3.05) is 30.4 Å². The van der Waals surface area contributed by atoms with E-state index in [2.05, 4.69) is 5.32 Å². The molecule has 0 heterocycles. The number of benzene rings is 4. The minimum atomic E-state index is -4.12. The first kappa shape index (κ1) is 26.6. The van der Waals surface area contributed by atoms with Crippen LogP contribution in [-0.4, -0.2) is 35.1 Å². The highest BCUT2D eigenvalue weighted by atomic mass is 32.2. The van der Waals surface area contributed by atoms with Gasteiger partial charge in [0.25, 0.3) is 10.0 Å². The number of rotatable bonds is 11. The van der Waals surface area contributed by atoms with Crippen LogP contribution in [0, 0.1) is 0 Å². The number of amides is 1. The zero-order valence-electron chi connectivity index (χ0n) is 21.0. The summed E-state index contributed by atoms with van der Waals surface area (Å²) < 4.78 is 44.8. The van der Waals surface area contributed by atoms with Gasteiger partial charge in [-0.25, -0.2) is 8.42 Å². The first-order valence-corrected chi connectivity index (χ1v) is 13.2. The topological polar surface area (TPSA) is 94.2 Å². The number of nitrogens with one attached hydrogen (secondary N) is 1. The van der Waals surface area contributed by atoms with E-state index >= 15 is 0 Å². The molecule has 0 unspecified atom stereocenters. The van der Waals surface area contributed by atoms with Crippen molar-refractivity contribution in [2.24, 2.45) is 0 Å². The minimum absolute atomic E-state index is 0.0394. The maximum Gasteiger partial charge on any atom is 0.264 e. The van der Waals surface area contributed by atoms with E-state index in [9.17, 15) is 13.2 Å². The van der Waals surface area contributed by atoms with E-state index in [1.54, 1.807) is 54.6 Å². The predicted octanol–water partition coefficient (Wildman–Crippen LogP) is 5.12. The van der Waals surface area contributed by atoms with Gasteiger partial charge in [0, 0.05) is 11.8 Å². The second-order valence-corrected chi connectivity index (χ2v) is 10.1. The molecule has 38 heavy (non-hydrogen) atoms. The van der Waals surface area contributed by atoms with Crippen molar-refractivity contribution in [3.63, 3.8) is 0 Å². The number of carbonyl (C=O) groups excluding carboxylic acids is 1. The molecule has 0 saturated heterocycles. The molecule has 0 radical (unpaired) electrons. The molecule has 0 fully saturated rings. The molecule has 0 atom stereocenters. The number of methoxy groups -OCH3 is 2. The average molecular weight is 533 g/mol. The number of sulfonamides is 1. The Morgan fingerprint density at radius 3 is 2.05 bits per heavy atom. The van der Waals surface area contributed by atoms with E-state index in [4.69, 9.17) is 14.2 Å². The monoisotopic (exact) mass is 532 g/mol. The molecule has 0 bridgehead atoms. The van der Waals surface area contributed by atoms with Gasteiger partial charge in [0.2, 0.25) is 5.91 Å². The zero-order chi connectivity index (χ0) is 27.0. The second-order valence-electron chi connectivity index (χ2n) is 8.21. The van der Waals surface area contributed by atoms with Gasteiger partial charge in [-0.1, -0.05) is 48.5 Å². The van der Waals surface area contributed by atoms with Gasteiger partial charge in [-0.3, -0.25) is 9.10 Å². The number of hydrogen-bond donors (Lipinski definition) is 1. The van der Waals surface area contributed by atoms with Gasteiger partial charge >= 0.3 is 0 Å². The first-order chi connectivity index (χ1) is 18.4. The fourth-order valence-corrected chi connectivity index (χ4v) is 5.16. The summed E-state index contributed by atoms with van der Waals surface area (Å²) in [5.74, 6) is 0.798. The molecule has 8 nitrogen and oxygen atoms in total. The van der Waals surface area contributed by atoms with Crippen LogP contribution in [0.15, 0.2) is 108 Å². The maximum absolute atomic E-state index is 13.7. The summed E-state index contributed by atoms with van der Waals surface area (Å²) in [7, 11) is -1.22. The maximum atomic E-state index is 13.7. The molecule has 1 amide bonds. The van der Waals surface area contributed by atoms with Crippen LogP contribution in [0.5, 0.6) is 17.2 Å². The lowest BCUT2D eigenvalue weighted by atomic mass is 10.2. The summed E-state index contributed by atoms with van der Waals surface area (Å²) in [6.45, 7) is -0.0752. The Labute approximate surface area is 222 Å². The van der Waals surface area contributed by atoms with Crippen LogP contribution in [0.4, 0.5) is 11.4 Å². The predicted molar refractivity (Wildman–Crippen MR) is 146 cm³/mol. The van der Waals surface area contributed by atoms with Crippen LogP contribution in [0.3, 0.4) is 0 Å². The summed E-state index contributed by atoms with van der Waals surface area (Å²) in [6.07, 6.45) is 0. The molecule has 4 rings (SSSR count). The van der Waals surface area contributed by atoms with Gasteiger partial charge in [-0.2, -0.15) is 0 Å². The first-order valence-electron chi connectivity index (χ1n) is 11.8. The molecule has 0 aliphatic carbocycles. The van der Waals surface area contributed by atoms with Crippen molar-refractivity contribution < 1.29 is 27.4 Å². The smallest absolute Gasteiger partial charge is 0.264 e. The molecule has 0 aliphatic rings. The van der Waals surface area contributed by atoms with Crippen molar-refractivity contribution in [1.29, 1.82) is 0 Å². The molecule has 0 saturated carbocycles. The SMILES string of the molecule is COc1ccc(OC)c(N(CC(=O)Nc2ccc(OCc3ccccc3)cc2)S(=O)(=O)c2ccccc2)c1. The molecule has 0 spiro atoms. The molecule has 1 N–H and O–H groups in total. The Morgan fingerprint density at radius 1 is 0.789 bits per heavy atom.